The van der Waals surface area contributed by atoms with Crippen molar-refractivity contribution in [1.82, 2.24) is 0 Å². The van der Waals surface area contributed by atoms with E-state index in [4.69, 9.17) is 21.1 Å². The van der Waals surface area contributed by atoms with Crippen LogP contribution in [0.5, 0.6) is 11.5 Å². The largest absolute Gasteiger partial charge is 0.496 e. The van der Waals surface area contributed by atoms with Crippen molar-refractivity contribution in [2.24, 2.45) is 0 Å². The summed E-state index contributed by atoms with van der Waals surface area (Å²) < 4.78 is 11.2. The Hall–Kier alpha value is -1.67. The summed E-state index contributed by atoms with van der Waals surface area (Å²) in [7, 11) is 3.50. The minimum atomic E-state index is 0.170. The van der Waals surface area contributed by atoms with Gasteiger partial charge in [0.15, 0.2) is 0 Å². The number of alkyl halides is 1. The molecule has 3 heteroatoms. The summed E-state index contributed by atoms with van der Waals surface area (Å²) >= 11 is 6.57. The fourth-order valence-corrected chi connectivity index (χ4v) is 4.23. The summed E-state index contributed by atoms with van der Waals surface area (Å²) in [4.78, 5) is 0. The van der Waals surface area contributed by atoms with E-state index in [9.17, 15) is 0 Å². The Morgan fingerprint density at radius 3 is 1.30 bits per heavy atom. The zero-order valence-electron chi connectivity index (χ0n) is 17.6. The molecule has 0 bridgehead atoms. The van der Waals surface area contributed by atoms with Crippen molar-refractivity contribution in [2.45, 2.75) is 59.3 Å². The van der Waals surface area contributed by atoms with Gasteiger partial charge in [-0.1, -0.05) is 39.8 Å². The van der Waals surface area contributed by atoms with Crippen molar-refractivity contribution in [3.63, 3.8) is 0 Å². The highest BCUT2D eigenvalue weighted by atomic mass is 35.5. The standard InChI is InChI=1S/C24H33ClO2/c1-7-16-13-23(26-5)18(9-3)11-20(16)22(15-25)21-12-19(10-4)24(27-6)14-17(21)8-2/h11-14,22H,7-10,15H2,1-6H3. The van der Waals surface area contributed by atoms with Crippen LogP contribution in [0.25, 0.3) is 0 Å². The summed E-state index contributed by atoms with van der Waals surface area (Å²) in [5.41, 5.74) is 7.75. The molecule has 0 radical (unpaired) electrons. The molecule has 0 aliphatic rings. The van der Waals surface area contributed by atoms with Gasteiger partial charge in [-0.05, 0) is 71.2 Å². The molecule has 2 aromatic rings. The molecule has 0 heterocycles. The molecule has 0 unspecified atom stereocenters. The summed E-state index contributed by atoms with van der Waals surface area (Å²) in [5, 5.41) is 0. The highest BCUT2D eigenvalue weighted by molar-refractivity contribution is 6.18. The van der Waals surface area contributed by atoms with E-state index in [2.05, 4.69) is 52.0 Å². The molecule has 0 saturated carbocycles. The Morgan fingerprint density at radius 2 is 1.04 bits per heavy atom. The number of aryl methyl sites for hydroxylation is 4. The van der Waals surface area contributed by atoms with Gasteiger partial charge in [0, 0.05) is 11.8 Å². The highest BCUT2D eigenvalue weighted by Gasteiger charge is 2.22. The number of hydrogen-bond acceptors (Lipinski definition) is 2. The van der Waals surface area contributed by atoms with Crippen LogP contribution < -0.4 is 9.47 Å². The van der Waals surface area contributed by atoms with E-state index in [0.717, 1.165) is 37.2 Å². The first-order valence-electron chi connectivity index (χ1n) is 10.0. The van der Waals surface area contributed by atoms with Crippen LogP contribution >= 0.6 is 11.6 Å². The molecule has 0 spiro atoms. The number of hydrogen-bond donors (Lipinski definition) is 0. The normalized spacial score (nSPS) is 11.1. The molecular weight excluding hydrogens is 356 g/mol. The molecule has 148 valence electrons. The van der Waals surface area contributed by atoms with E-state index in [0.29, 0.717) is 5.88 Å². The van der Waals surface area contributed by atoms with Gasteiger partial charge in [-0.2, -0.15) is 0 Å². The van der Waals surface area contributed by atoms with Crippen LogP contribution in [0, 0.1) is 0 Å². The molecule has 27 heavy (non-hydrogen) atoms. The minimum absolute atomic E-state index is 0.170. The van der Waals surface area contributed by atoms with E-state index in [1.54, 1.807) is 14.2 Å². The minimum Gasteiger partial charge on any atom is -0.496 e. The zero-order chi connectivity index (χ0) is 20.0. The molecular formula is C24H33ClO2. The lowest BCUT2D eigenvalue weighted by Gasteiger charge is -2.24. The maximum absolute atomic E-state index is 6.57. The van der Waals surface area contributed by atoms with Gasteiger partial charge in [0.2, 0.25) is 0 Å². The highest BCUT2D eigenvalue weighted by Crippen LogP contribution is 2.37. The van der Waals surface area contributed by atoms with Gasteiger partial charge < -0.3 is 9.47 Å². The number of methoxy groups -OCH3 is 2. The molecule has 0 atom stereocenters. The molecule has 2 rings (SSSR count). The van der Waals surface area contributed by atoms with Crippen LogP contribution in [-0.2, 0) is 25.7 Å². The summed E-state index contributed by atoms with van der Waals surface area (Å²) in [6, 6.07) is 9.01. The molecule has 0 N–H and O–H groups in total. The van der Waals surface area contributed by atoms with Crippen LogP contribution in [0.1, 0.15) is 67.0 Å². The second-order valence-corrected chi connectivity index (χ2v) is 7.16. The SMILES string of the molecule is CCc1cc(C(CCl)c2cc(CC)c(OC)cc2CC)c(CC)cc1OC. The number of halogens is 1. The van der Waals surface area contributed by atoms with Crippen LogP contribution in [0.3, 0.4) is 0 Å². The van der Waals surface area contributed by atoms with Gasteiger partial charge in [0.25, 0.3) is 0 Å². The molecule has 0 fully saturated rings. The average Bonchev–Trinajstić information content (AvgIpc) is 2.73. The van der Waals surface area contributed by atoms with Crippen molar-refractivity contribution in [2.75, 3.05) is 20.1 Å². The summed E-state index contributed by atoms with van der Waals surface area (Å²) in [6.07, 6.45) is 3.81. The van der Waals surface area contributed by atoms with Gasteiger partial charge >= 0.3 is 0 Å². The van der Waals surface area contributed by atoms with E-state index < -0.39 is 0 Å². The van der Waals surface area contributed by atoms with E-state index in [1.165, 1.54) is 33.4 Å². The fraction of sp³-hybridized carbons (Fsp3) is 0.500. The smallest absolute Gasteiger partial charge is 0.122 e. The molecule has 0 aromatic heterocycles. The van der Waals surface area contributed by atoms with Crippen LogP contribution in [0.2, 0.25) is 0 Å². The van der Waals surface area contributed by atoms with Crippen LogP contribution in [0.4, 0.5) is 0 Å². The first kappa shape index (κ1) is 21.6. The van der Waals surface area contributed by atoms with Gasteiger partial charge in [-0.25, -0.2) is 0 Å². The van der Waals surface area contributed by atoms with Crippen molar-refractivity contribution in [3.05, 3.63) is 57.6 Å². The van der Waals surface area contributed by atoms with Crippen molar-refractivity contribution in [3.8, 4) is 11.5 Å². The van der Waals surface area contributed by atoms with Crippen molar-refractivity contribution < 1.29 is 9.47 Å². The van der Waals surface area contributed by atoms with Crippen molar-refractivity contribution in [1.29, 1.82) is 0 Å². The predicted octanol–water partition coefficient (Wildman–Crippen LogP) is 6.32. The van der Waals surface area contributed by atoms with E-state index >= 15 is 0 Å². The van der Waals surface area contributed by atoms with Gasteiger partial charge in [-0.3, -0.25) is 0 Å². The second kappa shape index (κ2) is 10.0. The Labute approximate surface area is 169 Å². The average molecular weight is 389 g/mol. The van der Waals surface area contributed by atoms with Crippen molar-refractivity contribution >= 4 is 11.6 Å². The topological polar surface area (TPSA) is 18.5 Å². The maximum atomic E-state index is 6.57. The Kier molecular flexibility index (Phi) is 8.04. The zero-order valence-corrected chi connectivity index (χ0v) is 18.4. The molecule has 0 amide bonds. The molecule has 0 saturated heterocycles. The molecule has 0 aliphatic heterocycles. The third-order valence-corrected chi connectivity index (χ3v) is 5.82. The Bertz CT molecular complexity index is 704. The third-order valence-electron chi connectivity index (χ3n) is 5.51. The predicted molar refractivity (Wildman–Crippen MR) is 116 cm³/mol. The molecule has 0 aliphatic carbocycles. The molecule has 2 nitrogen and oxygen atoms in total. The van der Waals surface area contributed by atoms with E-state index in [1.807, 2.05) is 0 Å². The lowest BCUT2D eigenvalue weighted by molar-refractivity contribution is 0.409. The second-order valence-electron chi connectivity index (χ2n) is 6.85. The number of benzene rings is 2. The number of ether oxygens (including phenoxy) is 2. The monoisotopic (exact) mass is 388 g/mol. The quantitative estimate of drug-likeness (QED) is 0.467. The Balaban J connectivity index is 2.69. The third kappa shape index (κ3) is 4.43. The van der Waals surface area contributed by atoms with Gasteiger partial charge in [-0.15, -0.1) is 11.6 Å². The maximum Gasteiger partial charge on any atom is 0.122 e. The van der Waals surface area contributed by atoms with Gasteiger partial charge in [0.1, 0.15) is 11.5 Å². The van der Waals surface area contributed by atoms with Gasteiger partial charge in [0.05, 0.1) is 14.2 Å². The first-order valence-corrected chi connectivity index (χ1v) is 10.6. The Morgan fingerprint density at radius 1 is 0.667 bits per heavy atom. The summed E-state index contributed by atoms with van der Waals surface area (Å²) in [6.45, 7) is 8.73. The fourth-order valence-electron chi connectivity index (χ4n) is 3.90. The van der Waals surface area contributed by atoms with Crippen LogP contribution in [-0.4, -0.2) is 20.1 Å². The lowest BCUT2D eigenvalue weighted by atomic mass is 9.83. The summed E-state index contributed by atoms with van der Waals surface area (Å²) in [5.74, 6) is 2.69. The molecule has 2 aromatic carbocycles. The first-order chi connectivity index (χ1) is 13.1. The van der Waals surface area contributed by atoms with E-state index in [-0.39, 0.29) is 5.92 Å². The lowest BCUT2D eigenvalue weighted by Crippen LogP contribution is -2.11. The van der Waals surface area contributed by atoms with Crippen LogP contribution in [0.15, 0.2) is 24.3 Å². The number of rotatable bonds is 9.